The minimum atomic E-state index is -1.23. The summed E-state index contributed by atoms with van der Waals surface area (Å²) in [7, 11) is 0. The minimum Gasteiger partial charge on any atom is -0.478 e. The molecule has 2 N–H and O–H groups in total. The molecule has 0 fully saturated rings. The predicted molar refractivity (Wildman–Crippen MR) is 41.5 cm³/mol. The van der Waals surface area contributed by atoms with Gasteiger partial charge in [-0.15, -0.1) is 11.8 Å². The van der Waals surface area contributed by atoms with Crippen molar-refractivity contribution in [2.24, 2.45) is 0 Å². The molecule has 0 heterocycles. The highest BCUT2D eigenvalue weighted by atomic mass is 32.2. The molecule has 0 unspecified atom stereocenters. The molecule has 0 amide bonds. The molecule has 5 heteroatoms. The van der Waals surface area contributed by atoms with Crippen LogP contribution in [0.5, 0.6) is 0 Å². The average Bonchev–Trinajstić information content (AvgIpc) is 1.86. The lowest BCUT2D eigenvalue weighted by molar-refractivity contribution is -0.134. The summed E-state index contributed by atoms with van der Waals surface area (Å²) in [6.45, 7) is 1.75. The zero-order valence-electron chi connectivity index (χ0n) is 5.90. The topological polar surface area (TPSA) is 74.6 Å². The van der Waals surface area contributed by atoms with Gasteiger partial charge in [0.25, 0.3) is 0 Å². The summed E-state index contributed by atoms with van der Waals surface area (Å²) in [4.78, 5) is 20.2. The van der Waals surface area contributed by atoms with Gasteiger partial charge in [-0.2, -0.15) is 0 Å². The summed E-state index contributed by atoms with van der Waals surface area (Å²) in [5.74, 6) is -1.88. The first-order chi connectivity index (χ1) is 5.07. The van der Waals surface area contributed by atoms with Crippen molar-refractivity contribution in [2.45, 2.75) is 6.92 Å². The lowest BCUT2D eigenvalue weighted by Crippen LogP contribution is -2.00. The van der Waals surface area contributed by atoms with Crippen LogP contribution < -0.4 is 0 Å². The van der Waals surface area contributed by atoms with E-state index >= 15 is 0 Å². The maximum Gasteiger partial charge on any atom is 0.342 e. The summed E-state index contributed by atoms with van der Waals surface area (Å²) >= 11 is 0.994. The van der Waals surface area contributed by atoms with Crippen molar-refractivity contribution in [3.05, 3.63) is 11.0 Å². The highest BCUT2D eigenvalue weighted by molar-refractivity contribution is 8.03. The van der Waals surface area contributed by atoms with Gasteiger partial charge in [0.1, 0.15) is 0 Å². The lowest BCUT2D eigenvalue weighted by Gasteiger charge is -1.95. The van der Waals surface area contributed by atoms with Crippen LogP contribution in [-0.2, 0) is 9.59 Å². The Kier molecular flexibility index (Phi) is 4.36. The van der Waals surface area contributed by atoms with E-state index in [0.29, 0.717) is 11.8 Å². The quantitative estimate of drug-likeness (QED) is 0.619. The largest absolute Gasteiger partial charge is 0.478 e. The van der Waals surface area contributed by atoms with Crippen LogP contribution in [-0.4, -0.2) is 27.9 Å². The second-order valence-electron chi connectivity index (χ2n) is 1.58. The summed E-state index contributed by atoms with van der Waals surface area (Å²) in [6, 6.07) is 0. The van der Waals surface area contributed by atoms with Gasteiger partial charge in [-0.05, 0) is 5.75 Å². The van der Waals surface area contributed by atoms with E-state index in [1.54, 1.807) is 6.92 Å². The van der Waals surface area contributed by atoms with Gasteiger partial charge in [0.2, 0.25) is 0 Å². The maximum atomic E-state index is 10.3. The van der Waals surface area contributed by atoms with Crippen molar-refractivity contribution in [1.82, 2.24) is 0 Å². The summed E-state index contributed by atoms with van der Waals surface area (Å²) < 4.78 is 0. The second kappa shape index (κ2) is 4.79. The number of carbonyl (C=O) groups is 2. The van der Waals surface area contributed by atoms with E-state index in [-0.39, 0.29) is 4.91 Å². The monoisotopic (exact) mass is 176 g/mol. The van der Waals surface area contributed by atoms with Crippen molar-refractivity contribution in [1.29, 1.82) is 0 Å². The molecule has 0 aromatic carbocycles. The van der Waals surface area contributed by atoms with Crippen molar-refractivity contribution < 1.29 is 19.8 Å². The zero-order valence-corrected chi connectivity index (χ0v) is 6.72. The van der Waals surface area contributed by atoms with Crippen LogP contribution >= 0.6 is 11.8 Å². The molecule has 0 saturated heterocycles. The van der Waals surface area contributed by atoms with Gasteiger partial charge in [0, 0.05) is 6.08 Å². The van der Waals surface area contributed by atoms with Crippen LogP contribution in [0.3, 0.4) is 0 Å². The van der Waals surface area contributed by atoms with E-state index in [1.807, 2.05) is 0 Å². The van der Waals surface area contributed by atoms with Crippen LogP contribution in [0.4, 0.5) is 0 Å². The van der Waals surface area contributed by atoms with Crippen molar-refractivity contribution in [3.63, 3.8) is 0 Å². The predicted octanol–water partition coefficient (Wildman–Crippen LogP) is 0.793. The molecule has 0 radical (unpaired) electrons. The van der Waals surface area contributed by atoms with Gasteiger partial charge < -0.3 is 10.2 Å². The molecule has 0 aromatic heterocycles. The Morgan fingerprint density at radius 2 is 2.00 bits per heavy atom. The molecule has 62 valence electrons. The first-order valence-electron chi connectivity index (χ1n) is 2.88. The van der Waals surface area contributed by atoms with Crippen LogP contribution in [0.15, 0.2) is 11.0 Å². The molecule has 0 aliphatic carbocycles. The third-order valence-electron chi connectivity index (χ3n) is 0.765. The standard InChI is InChI=1S/C6H8O4S/c1-2-11-4(6(9)10)3-5(7)8/h3H,2H2,1H3,(H,7,8)(H,9,10)/b4-3-. The Morgan fingerprint density at radius 3 is 2.27 bits per heavy atom. The van der Waals surface area contributed by atoms with Gasteiger partial charge in [-0.25, -0.2) is 9.59 Å². The third kappa shape index (κ3) is 4.44. The molecule has 0 aliphatic rings. The molecular formula is C6H8O4S. The highest BCUT2D eigenvalue weighted by Gasteiger charge is 2.07. The fraction of sp³-hybridized carbons (Fsp3) is 0.333. The van der Waals surface area contributed by atoms with E-state index < -0.39 is 11.9 Å². The first-order valence-corrected chi connectivity index (χ1v) is 3.87. The summed E-state index contributed by atoms with van der Waals surface area (Å²) in [6.07, 6.45) is 0.691. The molecule has 0 bridgehead atoms. The SMILES string of the molecule is CCS/C(=C\C(=O)O)C(=O)O. The number of hydrogen-bond donors (Lipinski definition) is 2. The average molecular weight is 176 g/mol. The fourth-order valence-electron chi connectivity index (χ4n) is 0.433. The van der Waals surface area contributed by atoms with Crippen LogP contribution in [0.2, 0.25) is 0 Å². The van der Waals surface area contributed by atoms with Crippen molar-refractivity contribution >= 4 is 23.7 Å². The number of hydrogen-bond acceptors (Lipinski definition) is 3. The Bertz CT molecular complexity index is 197. The molecule has 0 spiro atoms. The van der Waals surface area contributed by atoms with E-state index in [9.17, 15) is 9.59 Å². The highest BCUT2D eigenvalue weighted by Crippen LogP contribution is 2.14. The smallest absolute Gasteiger partial charge is 0.342 e. The molecule has 0 aliphatic heterocycles. The zero-order chi connectivity index (χ0) is 8.85. The van der Waals surface area contributed by atoms with Crippen molar-refractivity contribution in [3.8, 4) is 0 Å². The van der Waals surface area contributed by atoms with Gasteiger partial charge >= 0.3 is 11.9 Å². The van der Waals surface area contributed by atoms with Crippen LogP contribution in [0, 0.1) is 0 Å². The molecule has 0 saturated carbocycles. The van der Waals surface area contributed by atoms with Crippen LogP contribution in [0.1, 0.15) is 6.92 Å². The molecule has 0 rings (SSSR count). The number of rotatable bonds is 4. The van der Waals surface area contributed by atoms with E-state index in [4.69, 9.17) is 10.2 Å². The third-order valence-corrected chi connectivity index (χ3v) is 1.66. The molecule has 0 aromatic rings. The Balaban J connectivity index is 4.32. The number of thioether (sulfide) groups is 1. The molecular weight excluding hydrogens is 168 g/mol. The molecule has 4 nitrogen and oxygen atoms in total. The minimum absolute atomic E-state index is 0.139. The normalized spacial score (nSPS) is 11.2. The number of carboxylic acid groups (broad SMARTS) is 2. The van der Waals surface area contributed by atoms with Gasteiger partial charge in [0.15, 0.2) is 0 Å². The first kappa shape index (κ1) is 10.0. The van der Waals surface area contributed by atoms with Gasteiger partial charge in [-0.1, -0.05) is 6.92 Å². The molecule has 11 heavy (non-hydrogen) atoms. The number of aliphatic carboxylic acids is 2. The van der Waals surface area contributed by atoms with Crippen LogP contribution in [0.25, 0.3) is 0 Å². The molecule has 0 atom stereocenters. The van der Waals surface area contributed by atoms with Gasteiger partial charge in [-0.3, -0.25) is 0 Å². The maximum absolute atomic E-state index is 10.3. The van der Waals surface area contributed by atoms with E-state index in [0.717, 1.165) is 11.8 Å². The fourth-order valence-corrected chi connectivity index (χ4v) is 1.05. The Hall–Kier alpha value is -0.970. The Morgan fingerprint density at radius 1 is 1.45 bits per heavy atom. The lowest BCUT2D eigenvalue weighted by atomic mass is 10.5. The second-order valence-corrected chi connectivity index (χ2v) is 2.89. The van der Waals surface area contributed by atoms with E-state index in [1.165, 1.54) is 0 Å². The summed E-state index contributed by atoms with van der Waals surface area (Å²) in [5.41, 5.74) is 0. The van der Waals surface area contributed by atoms with E-state index in [2.05, 4.69) is 0 Å². The van der Waals surface area contributed by atoms with Crippen molar-refractivity contribution in [2.75, 3.05) is 5.75 Å². The number of carboxylic acids is 2. The Labute approximate surface area is 67.9 Å². The summed E-state index contributed by atoms with van der Waals surface area (Å²) in [5, 5.41) is 16.6. The van der Waals surface area contributed by atoms with Gasteiger partial charge in [0.05, 0.1) is 4.91 Å².